The zero-order valence-corrected chi connectivity index (χ0v) is 10.1. The van der Waals surface area contributed by atoms with Crippen molar-refractivity contribution in [3.63, 3.8) is 0 Å². The van der Waals surface area contributed by atoms with Crippen molar-refractivity contribution in [2.45, 2.75) is 25.7 Å². The first-order chi connectivity index (χ1) is 8.33. The number of aromatic nitrogens is 1. The molecular weight excluding hydrogens is 214 g/mol. The molecule has 0 aliphatic heterocycles. The first kappa shape index (κ1) is 10.8. The Morgan fingerprint density at radius 2 is 2.06 bits per heavy atom. The SMILES string of the molecule is COc1cccnc1C(=O)C1C2CCCCC21. The fourth-order valence-electron chi connectivity index (χ4n) is 3.28. The molecule has 0 spiro atoms. The minimum Gasteiger partial charge on any atom is -0.494 e. The molecule has 3 rings (SSSR count). The number of Topliss-reactive ketones (excluding diaryl/α,β-unsaturated/α-hetero) is 1. The van der Waals surface area contributed by atoms with Gasteiger partial charge in [-0.1, -0.05) is 12.8 Å². The highest BCUT2D eigenvalue weighted by Crippen LogP contribution is 2.56. The lowest BCUT2D eigenvalue weighted by Crippen LogP contribution is -2.08. The Bertz CT molecular complexity index is 432. The number of fused-ring (bicyclic) bond motifs is 1. The van der Waals surface area contributed by atoms with Crippen molar-refractivity contribution in [1.29, 1.82) is 0 Å². The minimum absolute atomic E-state index is 0.194. The van der Waals surface area contributed by atoms with E-state index in [-0.39, 0.29) is 11.7 Å². The molecule has 1 aromatic rings. The summed E-state index contributed by atoms with van der Waals surface area (Å²) < 4.78 is 5.21. The van der Waals surface area contributed by atoms with Crippen molar-refractivity contribution in [3.05, 3.63) is 24.0 Å². The number of ketones is 1. The summed E-state index contributed by atoms with van der Waals surface area (Å²) >= 11 is 0. The molecule has 0 radical (unpaired) electrons. The standard InChI is InChI=1S/C14H17NO2/c1-17-11-7-4-8-15-13(11)14(16)12-9-5-2-3-6-10(9)12/h4,7-10,12H,2-3,5-6H2,1H3. The number of rotatable bonds is 3. The summed E-state index contributed by atoms with van der Waals surface area (Å²) in [4.78, 5) is 16.6. The quantitative estimate of drug-likeness (QED) is 0.751. The summed E-state index contributed by atoms with van der Waals surface area (Å²) in [5.41, 5.74) is 0.523. The molecular formula is C14H17NO2. The van der Waals surface area contributed by atoms with Crippen LogP contribution in [0.3, 0.4) is 0 Å². The van der Waals surface area contributed by atoms with E-state index >= 15 is 0 Å². The highest BCUT2D eigenvalue weighted by molar-refractivity contribution is 6.00. The Kier molecular flexibility index (Phi) is 2.61. The number of hydrogen-bond donors (Lipinski definition) is 0. The summed E-state index contributed by atoms with van der Waals surface area (Å²) in [5.74, 6) is 2.28. The lowest BCUT2D eigenvalue weighted by atomic mass is 10.0. The molecule has 1 heterocycles. The Morgan fingerprint density at radius 3 is 2.71 bits per heavy atom. The second-order valence-corrected chi connectivity index (χ2v) is 5.06. The summed E-state index contributed by atoms with van der Waals surface area (Å²) in [6.45, 7) is 0. The minimum atomic E-state index is 0.194. The molecule has 0 aromatic carbocycles. The topological polar surface area (TPSA) is 39.2 Å². The van der Waals surface area contributed by atoms with Crippen LogP contribution in [0.2, 0.25) is 0 Å². The van der Waals surface area contributed by atoms with E-state index < -0.39 is 0 Å². The van der Waals surface area contributed by atoms with Crippen molar-refractivity contribution in [3.8, 4) is 5.75 Å². The van der Waals surface area contributed by atoms with Gasteiger partial charge in [0.2, 0.25) is 0 Å². The van der Waals surface area contributed by atoms with E-state index in [2.05, 4.69) is 4.98 Å². The summed E-state index contributed by atoms with van der Waals surface area (Å²) in [5, 5.41) is 0. The number of pyridine rings is 1. The van der Waals surface area contributed by atoms with E-state index in [0.717, 1.165) is 0 Å². The normalized spacial score (nSPS) is 30.5. The molecule has 0 N–H and O–H groups in total. The van der Waals surface area contributed by atoms with E-state index in [1.165, 1.54) is 25.7 Å². The zero-order valence-electron chi connectivity index (χ0n) is 10.1. The highest BCUT2D eigenvalue weighted by atomic mass is 16.5. The van der Waals surface area contributed by atoms with E-state index in [1.807, 2.05) is 6.07 Å². The van der Waals surface area contributed by atoms with Gasteiger partial charge in [-0.3, -0.25) is 4.79 Å². The fourth-order valence-corrected chi connectivity index (χ4v) is 3.28. The Balaban J connectivity index is 1.83. The number of carbonyl (C=O) groups is 1. The predicted octanol–water partition coefficient (Wildman–Crippen LogP) is 2.71. The third-order valence-electron chi connectivity index (χ3n) is 4.18. The van der Waals surface area contributed by atoms with Crippen molar-refractivity contribution in [2.24, 2.45) is 17.8 Å². The van der Waals surface area contributed by atoms with Crippen LogP contribution >= 0.6 is 0 Å². The molecule has 2 aliphatic rings. The van der Waals surface area contributed by atoms with Crippen molar-refractivity contribution in [1.82, 2.24) is 4.98 Å². The van der Waals surface area contributed by atoms with Crippen LogP contribution in [0.1, 0.15) is 36.2 Å². The summed E-state index contributed by atoms with van der Waals surface area (Å²) in [6, 6.07) is 3.61. The summed E-state index contributed by atoms with van der Waals surface area (Å²) in [7, 11) is 1.59. The van der Waals surface area contributed by atoms with Crippen LogP contribution in [-0.2, 0) is 0 Å². The van der Waals surface area contributed by atoms with Gasteiger partial charge >= 0.3 is 0 Å². The van der Waals surface area contributed by atoms with Crippen LogP contribution in [0, 0.1) is 17.8 Å². The zero-order chi connectivity index (χ0) is 11.8. The number of nitrogens with zero attached hydrogens (tertiary/aromatic N) is 1. The second-order valence-electron chi connectivity index (χ2n) is 5.06. The molecule has 3 nitrogen and oxygen atoms in total. The van der Waals surface area contributed by atoms with Gasteiger partial charge < -0.3 is 4.74 Å². The summed E-state index contributed by atoms with van der Waals surface area (Å²) in [6.07, 6.45) is 6.67. The molecule has 0 bridgehead atoms. The largest absolute Gasteiger partial charge is 0.494 e. The smallest absolute Gasteiger partial charge is 0.188 e. The molecule has 2 unspecified atom stereocenters. The van der Waals surface area contributed by atoms with Crippen molar-refractivity contribution < 1.29 is 9.53 Å². The third kappa shape index (κ3) is 1.74. The molecule has 1 aromatic heterocycles. The van der Waals surface area contributed by atoms with Gasteiger partial charge in [0.05, 0.1) is 7.11 Å². The molecule has 0 saturated heterocycles. The van der Waals surface area contributed by atoms with E-state index in [9.17, 15) is 4.79 Å². The van der Waals surface area contributed by atoms with Crippen molar-refractivity contribution in [2.75, 3.05) is 7.11 Å². The first-order valence-corrected chi connectivity index (χ1v) is 6.36. The Labute approximate surface area is 101 Å². The average Bonchev–Trinajstić information content (AvgIpc) is 3.12. The number of methoxy groups -OCH3 is 1. The number of carbonyl (C=O) groups excluding carboxylic acids is 1. The van der Waals surface area contributed by atoms with Crippen LogP contribution in [0.4, 0.5) is 0 Å². The van der Waals surface area contributed by atoms with Gasteiger partial charge in [-0.25, -0.2) is 4.98 Å². The molecule has 2 atom stereocenters. The van der Waals surface area contributed by atoms with E-state index in [0.29, 0.717) is 23.3 Å². The molecule has 17 heavy (non-hydrogen) atoms. The molecule has 2 saturated carbocycles. The number of hydrogen-bond acceptors (Lipinski definition) is 3. The fraction of sp³-hybridized carbons (Fsp3) is 0.571. The van der Waals surface area contributed by atoms with Crippen LogP contribution in [-0.4, -0.2) is 17.9 Å². The average molecular weight is 231 g/mol. The van der Waals surface area contributed by atoms with Gasteiger partial charge in [-0.15, -0.1) is 0 Å². The second kappa shape index (κ2) is 4.13. The lowest BCUT2D eigenvalue weighted by Gasteiger charge is -2.05. The van der Waals surface area contributed by atoms with Crippen molar-refractivity contribution >= 4 is 5.78 Å². The molecule has 0 amide bonds. The lowest BCUT2D eigenvalue weighted by molar-refractivity contribution is 0.0948. The molecule has 3 heteroatoms. The van der Waals surface area contributed by atoms with Gasteiger partial charge in [0.25, 0.3) is 0 Å². The van der Waals surface area contributed by atoms with Gasteiger partial charge in [0.1, 0.15) is 11.4 Å². The highest BCUT2D eigenvalue weighted by Gasteiger charge is 2.55. The van der Waals surface area contributed by atoms with Crippen LogP contribution < -0.4 is 4.74 Å². The molecule has 2 aliphatic carbocycles. The maximum atomic E-state index is 12.4. The maximum absolute atomic E-state index is 12.4. The van der Waals surface area contributed by atoms with Crippen LogP contribution in [0.25, 0.3) is 0 Å². The Morgan fingerprint density at radius 1 is 1.35 bits per heavy atom. The van der Waals surface area contributed by atoms with E-state index in [4.69, 9.17) is 4.74 Å². The van der Waals surface area contributed by atoms with Crippen LogP contribution in [0.15, 0.2) is 18.3 Å². The van der Waals surface area contributed by atoms with Gasteiger partial charge in [-0.2, -0.15) is 0 Å². The van der Waals surface area contributed by atoms with E-state index in [1.54, 1.807) is 19.4 Å². The molecule has 2 fully saturated rings. The predicted molar refractivity (Wildman–Crippen MR) is 64.1 cm³/mol. The third-order valence-corrected chi connectivity index (χ3v) is 4.18. The monoisotopic (exact) mass is 231 g/mol. The molecule has 90 valence electrons. The maximum Gasteiger partial charge on any atom is 0.188 e. The first-order valence-electron chi connectivity index (χ1n) is 6.36. The number of ether oxygens (including phenoxy) is 1. The van der Waals surface area contributed by atoms with Gasteiger partial charge in [0.15, 0.2) is 5.78 Å². The van der Waals surface area contributed by atoms with Gasteiger partial charge in [-0.05, 0) is 36.8 Å². The van der Waals surface area contributed by atoms with Crippen LogP contribution in [0.5, 0.6) is 5.75 Å². The Hall–Kier alpha value is -1.38. The van der Waals surface area contributed by atoms with Gasteiger partial charge in [0, 0.05) is 12.1 Å².